The zero-order valence-electron chi connectivity index (χ0n) is 14.8. The number of hydrogen-bond acceptors (Lipinski definition) is 5. The van der Waals surface area contributed by atoms with Gasteiger partial charge in [-0.25, -0.2) is 14.8 Å². The largest absolute Gasteiger partial charge is 0.497 e. The van der Waals surface area contributed by atoms with E-state index in [1.165, 1.54) is 6.07 Å². The van der Waals surface area contributed by atoms with Crippen LogP contribution in [0.4, 0.5) is 0 Å². The molecule has 0 aliphatic rings. The highest BCUT2D eigenvalue weighted by Gasteiger charge is 2.17. The van der Waals surface area contributed by atoms with Crippen LogP contribution in [0, 0.1) is 6.92 Å². The highest BCUT2D eigenvalue weighted by atomic mass is 32.1. The number of nitrogens with one attached hydrogen (secondary N) is 1. The number of fused-ring (bicyclic) bond motifs is 1. The van der Waals surface area contributed by atoms with Gasteiger partial charge < -0.3 is 14.8 Å². The summed E-state index contributed by atoms with van der Waals surface area (Å²) in [5.74, 6) is -0.257. The Hall–Kier alpha value is -3.19. The van der Waals surface area contributed by atoms with Crippen molar-refractivity contribution < 1.29 is 14.6 Å². The Morgan fingerprint density at radius 1 is 1.30 bits per heavy atom. The van der Waals surface area contributed by atoms with Crippen molar-refractivity contribution in [3.8, 4) is 16.3 Å². The molecule has 1 aromatic carbocycles. The molecule has 27 heavy (non-hydrogen) atoms. The zero-order chi connectivity index (χ0) is 19.0. The number of aromatic carboxylic acids is 1. The first kappa shape index (κ1) is 17.2. The van der Waals surface area contributed by atoms with Gasteiger partial charge >= 0.3 is 5.97 Å². The molecule has 0 radical (unpaired) electrons. The number of pyridine rings is 1. The summed E-state index contributed by atoms with van der Waals surface area (Å²) in [5, 5.41) is 11.3. The lowest BCUT2D eigenvalue weighted by atomic mass is 10.0. The molecule has 3 aromatic heterocycles. The number of carboxylic acids is 1. The lowest BCUT2D eigenvalue weighted by Crippen LogP contribution is -2.03. The molecule has 0 spiro atoms. The summed E-state index contributed by atoms with van der Waals surface area (Å²) in [6, 6.07) is 11.0. The third-order valence-corrected chi connectivity index (χ3v) is 5.30. The number of hydrogen-bond donors (Lipinski definition) is 2. The second kappa shape index (κ2) is 6.85. The summed E-state index contributed by atoms with van der Waals surface area (Å²) in [5.41, 5.74) is 3.75. The van der Waals surface area contributed by atoms with Crippen LogP contribution >= 0.6 is 11.3 Å². The number of aromatic amines is 1. The van der Waals surface area contributed by atoms with Crippen LogP contribution in [-0.2, 0) is 6.42 Å². The van der Waals surface area contributed by atoms with E-state index in [2.05, 4.69) is 15.0 Å². The molecule has 2 N–H and O–H groups in total. The summed E-state index contributed by atoms with van der Waals surface area (Å²) in [4.78, 5) is 24.4. The predicted molar refractivity (Wildman–Crippen MR) is 105 cm³/mol. The van der Waals surface area contributed by atoms with Gasteiger partial charge in [-0.05, 0) is 36.8 Å². The fourth-order valence-electron chi connectivity index (χ4n) is 3.11. The van der Waals surface area contributed by atoms with Gasteiger partial charge in [0.1, 0.15) is 11.4 Å². The summed E-state index contributed by atoms with van der Waals surface area (Å²) >= 11 is 1.61. The van der Waals surface area contributed by atoms with Gasteiger partial charge in [0, 0.05) is 35.3 Å². The number of thiazole rings is 1. The Kier molecular flexibility index (Phi) is 4.37. The molecule has 0 aliphatic heterocycles. The third kappa shape index (κ3) is 3.29. The quantitative estimate of drug-likeness (QED) is 0.540. The molecule has 4 aromatic rings. The number of rotatable bonds is 5. The minimum Gasteiger partial charge on any atom is -0.497 e. The van der Waals surface area contributed by atoms with Gasteiger partial charge in [0.15, 0.2) is 0 Å². The van der Waals surface area contributed by atoms with E-state index in [1.54, 1.807) is 24.5 Å². The lowest BCUT2D eigenvalue weighted by molar-refractivity contribution is 0.0690. The summed E-state index contributed by atoms with van der Waals surface area (Å²) < 4.78 is 5.33. The van der Waals surface area contributed by atoms with Crippen molar-refractivity contribution in [1.29, 1.82) is 0 Å². The van der Waals surface area contributed by atoms with Gasteiger partial charge in [-0.15, -0.1) is 11.3 Å². The number of ether oxygens (including phenoxy) is 1. The molecule has 7 heteroatoms. The van der Waals surface area contributed by atoms with Crippen LogP contribution in [-0.4, -0.2) is 33.1 Å². The van der Waals surface area contributed by atoms with E-state index in [0.717, 1.165) is 37.8 Å². The minimum atomic E-state index is -1.03. The Morgan fingerprint density at radius 2 is 2.15 bits per heavy atom. The van der Waals surface area contributed by atoms with E-state index >= 15 is 0 Å². The highest BCUT2D eigenvalue weighted by Crippen LogP contribution is 2.36. The monoisotopic (exact) mass is 379 g/mol. The standard InChI is InChI=1S/C20H17N3O3S/c1-11-21-10-18(27-11)19-15(8-12-4-3-5-16(22-12)20(24)25)14-7-6-13(26-2)9-17(14)23-19/h3-7,9-10,23H,8H2,1-2H3,(H,24,25). The molecule has 0 bridgehead atoms. The van der Waals surface area contributed by atoms with Crippen LogP contribution in [0.3, 0.4) is 0 Å². The molecular formula is C20H17N3O3S. The zero-order valence-corrected chi connectivity index (χ0v) is 15.6. The first-order valence-corrected chi connectivity index (χ1v) is 9.17. The normalized spacial score (nSPS) is 11.0. The van der Waals surface area contributed by atoms with Crippen LogP contribution in [0.5, 0.6) is 5.75 Å². The second-order valence-electron chi connectivity index (χ2n) is 6.13. The molecule has 0 saturated heterocycles. The molecule has 0 fully saturated rings. The van der Waals surface area contributed by atoms with Gasteiger partial charge in [-0.1, -0.05) is 6.07 Å². The van der Waals surface area contributed by atoms with Crippen LogP contribution in [0.15, 0.2) is 42.6 Å². The average molecular weight is 379 g/mol. The number of methoxy groups -OCH3 is 1. The summed E-state index contributed by atoms with van der Waals surface area (Å²) in [6.07, 6.45) is 2.37. The van der Waals surface area contributed by atoms with Crippen molar-refractivity contribution in [2.45, 2.75) is 13.3 Å². The molecule has 0 saturated carbocycles. The summed E-state index contributed by atoms with van der Waals surface area (Å²) in [7, 11) is 1.64. The molecule has 136 valence electrons. The number of benzene rings is 1. The highest BCUT2D eigenvalue weighted by molar-refractivity contribution is 7.15. The van der Waals surface area contributed by atoms with E-state index in [1.807, 2.05) is 37.4 Å². The van der Waals surface area contributed by atoms with Crippen molar-refractivity contribution in [3.63, 3.8) is 0 Å². The molecule has 3 heterocycles. The molecule has 0 amide bonds. The fraction of sp³-hybridized carbons (Fsp3) is 0.150. The number of carboxylic acid groups (broad SMARTS) is 1. The van der Waals surface area contributed by atoms with Crippen molar-refractivity contribution in [2.75, 3.05) is 7.11 Å². The van der Waals surface area contributed by atoms with E-state index < -0.39 is 5.97 Å². The number of H-pyrrole nitrogens is 1. The Bertz CT molecular complexity index is 1150. The van der Waals surface area contributed by atoms with Crippen LogP contribution in [0.1, 0.15) is 26.8 Å². The molecule has 6 nitrogen and oxygen atoms in total. The van der Waals surface area contributed by atoms with Crippen LogP contribution in [0.2, 0.25) is 0 Å². The first-order valence-electron chi connectivity index (χ1n) is 8.36. The molecular weight excluding hydrogens is 362 g/mol. The lowest BCUT2D eigenvalue weighted by Gasteiger charge is -2.05. The van der Waals surface area contributed by atoms with Gasteiger partial charge in [0.05, 0.1) is 22.7 Å². The van der Waals surface area contributed by atoms with Crippen molar-refractivity contribution in [3.05, 3.63) is 64.6 Å². The Balaban J connectivity index is 1.86. The van der Waals surface area contributed by atoms with Gasteiger partial charge in [-0.3, -0.25) is 0 Å². The molecule has 4 rings (SSSR count). The molecule has 0 aliphatic carbocycles. The van der Waals surface area contributed by atoms with E-state index in [4.69, 9.17) is 4.74 Å². The average Bonchev–Trinajstić information content (AvgIpc) is 3.25. The Morgan fingerprint density at radius 3 is 2.85 bits per heavy atom. The SMILES string of the molecule is COc1ccc2c(Cc3cccc(C(=O)O)n3)c(-c3cnc(C)s3)[nH]c2c1. The van der Waals surface area contributed by atoms with Crippen LogP contribution < -0.4 is 4.74 Å². The number of aryl methyl sites for hydroxylation is 1. The maximum atomic E-state index is 11.2. The minimum absolute atomic E-state index is 0.0456. The molecule has 0 unspecified atom stereocenters. The fourth-order valence-corrected chi connectivity index (χ4v) is 3.92. The smallest absolute Gasteiger partial charge is 0.354 e. The molecule has 0 atom stereocenters. The maximum absolute atomic E-state index is 11.2. The van der Waals surface area contributed by atoms with Crippen molar-refractivity contribution >= 4 is 28.2 Å². The van der Waals surface area contributed by atoms with Crippen molar-refractivity contribution in [2.24, 2.45) is 0 Å². The van der Waals surface area contributed by atoms with Gasteiger partial charge in [-0.2, -0.15) is 0 Å². The number of carbonyl (C=O) groups is 1. The third-order valence-electron chi connectivity index (χ3n) is 4.36. The van der Waals surface area contributed by atoms with Gasteiger partial charge in [0.2, 0.25) is 0 Å². The predicted octanol–water partition coefficient (Wildman–Crippen LogP) is 4.29. The topological polar surface area (TPSA) is 88.1 Å². The number of aromatic nitrogens is 3. The van der Waals surface area contributed by atoms with E-state index in [-0.39, 0.29) is 5.69 Å². The van der Waals surface area contributed by atoms with Gasteiger partial charge in [0.25, 0.3) is 0 Å². The summed E-state index contributed by atoms with van der Waals surface area (Å²) in [6.45, 7) is 1.97. The number of nitrogens with zero attached hydrogens (tertiary/aromatic N) is 2. The second-order valence-corrected chi connectivity index (χ2v) is 7.36. The maximum Gasteiger partial charge on any atom is 0.354 e. The Labute approximate surface area is 159 Å². The first-order chi connectivity index (χ1) is 13.0. The van der Waals surface area contributed by atoms with E-state index in [0.29, 0.717) is 12.1 Å². The van der Waals surface area contributed by atoms with Crippen molar-refractivity contribution in [1.82, 2.24) is 15.0 Å². The van der Waals surface area contributed by atoms with E-state index in [9.17, 15) is 9.90 Å². The van der Waals surface area contributed by atoms with Crippen LogP contribution in [0.25, 0.3) is 21.5 Å².